The predicted molar refractivity (Wildman–Crippen MR) is 50.5 cm³/mol. The third-order valence-electron chi connectivity index (χ3n) is 2.32. The number of aromatic nitrogens is 3. The molecule has 2 N–H and O–H groups in total. The second-order valence-corrected chi connectivity index (χ2v) is 4.53. The maximum atomic E-state index is 9.68. The summed E-state index contributed by atoms with van der Waals surface area (Å²) in [5, 5.41) is 17.4. The van der Waals surface area contributed by atoms with Crippen molar-refractivity contribution in [2.45, 2.75) is 42.2 Å². The van der Waals surface area contributed by atoms with E-state index >= 15 is 0 Å². The molecule has 0 aromatic carbocycles. The van der Waals surface area contributed by atoms with Crippen molar-refractivity contribution < 1.29 is 5.11 Å². The summed E-state index contributed by atoms with van der Waals surface area (Å²) in [6.07, 6.45) is 5.68. The number of H-pyrrole nitrogens is 1. The third kappa shape index (κ3) is 2.22. The van der Waals surface area contributed by atoms with Gasteiger partial charge in [-0.2, -0.15) is 5.10 Å². The fourth-order valence-electron chi connectivity index (χ4n) is 1.61. The van der Waals surface area contributed by atoms with Crippen LogP contribution >= 0.6 is 11.8 Å². The van der Waals surface area contributed by atoms with E-state index in [2.05, 4.69) is 15.2 Å². The number of aliphatic hydroxyl groups excluding tert-OH is 1. The lowest BCUT2D eigenvalue weighted by Crippen LogP contribution is -2.26. The summed E-state index contributed by atoms with van der Waals surface area (Å²) < 4.78 is 0. The van der Waals surface area contributed by atoms with Crippen molar-refractivity contribution in [3.8, 4) is 0 Å². The SMILES string of the molecule is O[C@@H]1CCCC[C@H]1Sc1ncn[nH]1. The van der Waals surface area contributed by atoms with Gasteiger partial charge in [0, 0.05) is 5.25 Å². The van der Waals surface area contributed by atoms with Crippen LogP contribution in [0.5, 0.6) is 0 Å². The molecule has 0 radical (unpaired) electrons. The van der Waals surface area contributed by atoms with Gasteiger partial charge in [-0.1, -0.05) is 24.6 Å². The monoisotopic (exact) mass is 199 g/mol. The fourth-order valence-corrected chi connectivity index (χ4v) is 2.69. The summed E-state index contributed by atoms with van der Waals surface area (Å²) in [6, 6.07) is 0. The quantitative estimate of drug-likeness (QED) is 0.751. The molecule has 0 aliphatic heterocycles. The van der Waals surface area contributed by atoms with Gasteiger partial charge in [-0.15, -0.1) is 0 Å². The molecule has 1 aromatic rings. The van der Waals surface area contributed by atoms with Gasteiger partial charge in [-0.25, -0.2) is 4.98 Å². The Hall–Kier alpha value is -0.550. The maximum Gasteiger partial charge on any atom is 0.183 e. The smallest absolute Gasteiger partial charge is 0.183 e. The van der Waals surface area contributed by atoms with Crippen LogP contribution in [-0.4, -0.2) is 31.6 Å². The van der Waals surface area contributed by atoms with Gasteiger partial charge in [0.15, 0.2) is 5.16 Å². The van der Waals surface area contributed by atoms with Crippen LogP contribution in [0.3, 0.4) is 0 Å². The predicted octanol–water partition coefficient (Wildman–Crippen LogP) is 1.20. The summed E-state index contributed by atoms with van der Waals surface area (Å²) in [7, 11) is 0. The molecule has 2 rings (SSSR count). The average Bonchev–Trinajstić information content (AvgIpc) is 2.61. The molecule has 1 saturated carbocycles. The van der Waals surface area contributed by atoms with E-state index in [4.69, 9.17) is 0 Å². The number of hydrogen-bond donors (Lipinski definition) is 2. The van der Waals surface area contributed by atoms with E-state index in [1.54, 1.807) is 11.8 Å². The lowest BCUT2D eigenvalue weighted by molar-refractivity contribution is 0.137. The molecule has 1 aliphatic rings. The van der Waals surface area contributed by atoms with Crippen molar-refractivity contribution in [3.05, 3.63) is 6.33 Å². The molecular weight excluding hydrogens is 186 g/mol. The van der Waals surface area contributed by atoms with Gasteiger partial charge in [0.25, 0.3) is 0 Å². The molecular formula is C8H13N3OS. The van der Waals surface area contributed by atoms with Gasteiger partial charge in [0.1, 0.15) is 6.33 Å². The first-order valence-electron chi connectivity index (χ1n) is 4.56. The van der Waals surface area contributed by atoms with E-state index in [1.165, 1.54) is 12.7 Å². The normalized spacial score (nSPS) is 29.0. The first-order valence-corrected chi connectivity index (χ1v) is 5.44. The van der Waals surface area contributed by atoms with Crippen molar-refractivity contribution >= 4 is 11.8 Å². The average molecular weight is 199 g/mol. The van der Waals surface area contributed by atoms with Crippen molar-refractivity contribution in [2.75, 3.05) is 0 Å². The number of thioether (sulfide) groups is 1. The molecule has 1 heterocycles. The minimum absolute atomic E-state index is 0.177. The lowest BCUT2D eigenvalue weighted by atomic mass is 9.97. The molecule has 13 heavy (non-hydrogen) atoms. The highest BCUT2D eigenvalue weighted by molar-refractivity contribution is 7.99. The van der Waals surface area contributed by atoms with Gasteiger partial charge >= 0.3 is 0 Å². The summed E-state index contributed by atoms with van der Waals surface area (Å²) in [6.45, 7) is 0. The molecule has 1 aromatic heterocycles. The summed E-state index contributed by atoms with van der Waals surface area (Å²) in [5.41, 5.74) is 0. The molecule has 2 atom stereocenters. The Morgan fingerprint density at radius 1 is 1.46 bits per heavy atom. The highest BCUT2D eigenvalue weighted by Crippen LogP contribution is 2.31. The van der Waals surface area contributed by atoms with Crippen molar-refractivity contribution in [1.82, 2.24) is 15.2 Å². The van der Waals surface area contributed by atoms with E-state index in [9.17, 15) is 5.11 Å². The van der Waals surface area contributed by atoms with E-state index in [-0.39, 0.29) is 6.10 Å². The van der Waals surface area contributed by atoms with E-state index in [1.807, 2.05) is 0 Å². The number of aromatic amines is 1. The van der Waals surface area contributed by atoms with Crippen LogP contribution in [0, 0.1) is 0 Å². The van der Waals surface area contributed by atoms with Crippen LogP contribution < -0.4 is 0 Å². The van der Waals surface area contributed by atoms with Crippen molar-refractivity contribution in [3.63, 3.8) is 0 Å². The van der Waals surface area contributed by atoms with Crippen LogP contribution in [0.4, 0.5) is 0 Å². The standard InChI is InChI=1S/C8H13N3OS/c12-6-3-1-2-4-7(6)13-8-9-5-10-11-8/h5-7,12H,1-4H2,(H,9,10,11)/t6-,7-/m1/s1. The van der Waals surface area contributed by atoms with Crippen LogP contribution in [0.2, 0.25) is 0 Å². The van der Waals surface area contributed by atoms with E-state index in [0.29, 0.717) is 5.25 Å². The topological polar surface area (TPSA) is 61.8 Å². The summed E-state index contributed by atoms with van der Waals surface area (Å²) in [5.74, 6) is 0. The molecule has 5 heteroatoms. The zero-order chi connectivity index (χ0) is 9.10. The Bertz CT molecular complexity index is 252. The first-order chi connectivity index (χ1) is 6.36. The van der Waals surface area contributed by atoms with Gasteiger partial charge in [0.05, 0.1) is 6.10 Å². The summed E-state index contributed by atoms with van der Waals surface area (Å²) in [4.78, 5) is 4.03. The molecule has 1 aliphatic carbocycles. The van der Waals surface area contributed by atoms with E-state index < -0.39 is 0 Å². The Morgan fingerprint density at radius 2 is 2.31 bits per heavy atom. The number of nitrogens with zero attached hydrogens (tertiary/aromatic N) is 2. The van der Waals surface area contributed by atoms with Crippen molar-refractivity contribution in [1.29, 1.82) is 0 Å². The number of aliphatic hydroxyl groups is 1. The molecule has 1 fully saturated rings. The van der Waals surface area contributed by atoms with Gasteiger partial charge in [-0.05, 0) is 12.8 Å². The molecule has 0 bridgehead atoms. The van der Waals surface area contributed by atoms with Gasteiger partial charge in [-0.3, -0.25) is 5.10 Å². The first kappa shape index (κ1) is 9.02. The molecule has 0 saturated heterocycles. The number of hydrogen-bond acceptors (Lipinski definition) is 4. The summed E-state index contributed by atoms with van der Waals surface area (Å²) >= 11 is 1.60. The molecule has 0 amide bonds. The molecule has 0 spiro atoms. The second kappa shape index (κ2) is 4.11. The number of rotatable bonds is 2. The van der Waals surface area contributed by atoms with Gasteiger partial charge in [0.2, 0.25) is 0 Å². The molecule has 72 valence electrons. The molecule has 4 nitrogen and oxygen atoms in total. The maximum absolute atomic E-state index is 9.68. The Labute approximate surface area is 81.1 Å². The van der Waals surface area contributed by atoms with Crippen LogP contribution in [0.15, 0.2) is 11.5 Å². The number of nitrogens with one attached hydrogen (secondary N) is 1. The third-order valence-corrected chi connectivity index (χ3v) is 3.60. The molecule has 0 unspecified atom stereocenters. The lowest BCUT2D eigenvalue weighted by Gasteiger charge is -2.25. The zero-order valence-corrected chi connectivity index (χ0v) is 8.13. The van der Waals surface area contributed by atoms with Crippen LogP contribution in [-0.2, 0) is 0 Å². The Balaban J connectivity index is 1.93. The highest BCUT2D eigenvalue weighted by atomic mass is 32.2. The fraction of sp³-hybridized carbons (Fsp3) is 0.750. The zero-order valence-electron chi connectivity index (χ0n) is 7.31. The highest BCUT2D eigenvalue weighted by Gasteiger charge is 2.24. The Morgan fingerprint density at radius 3 is 3.00 bits per heavy atom. The van der Waals surface area contributed by atoms with Crippen LogP contribution in [0.1, 0.15) is 25.7 Å². The van der Waals surface area contributed by atoms with Crippen molar-refractivity contribution in [2.24, 2.45) is 0 Å². The van der Waals surface area contributed by atoms with E-state index in [0.717, 1.165) is 24.4 Å². The minimum Gasteiger partial charge on any atom is -0.392 e. The minimum atomic E-state index is -0.177. The second-order valence-electron chi connectivity index (χ2n) is 3.30. The van der Waals surface area contributed by atoms with Crippen LogP contribution in [0.25, 0.3) is 0 Å². The largest absolute Gasteiger partial charge is 0.392 e. The van der Waals surface area contributed by atoms with Gasteiger partial charge < -0.3 is 5.11 Å². The Kier molecular flexibility index (Phi) is 2.85.